The molecule has 106 valence electrons. The van der Waals surface area contributed by atoms with E-state index in [0.29, 0.717) is 20.8 Å². The highest BCUT2D eigenvalue weighted by atomic mass is 35.5. The van der Waals surface area contributed by atoms with Gasteiger partial charge in [0, 0.05) is 22.3 Å². The third kappa shape index (κ3) is 3.72. The summed E-state index contributed by atoms with van der Waals surface area (Å²) in [6.07, 6.45) is 0.803. The molecule has 0 saturated heterocycles. The van der Waals surface area contributed by atoms with Gasteiger partial charge in [0.2, 0.25) is 0 Å². The molecular weight excluding hydrogens is 315 g/mol. The monoisotopic (exact) mass is 328 g/mol. The normalized spacial score (nSPS) is 10.6. The lowest BCUT2D eigenvalue weighted by Gasteiger charge is -2.12. The van der Waals surface area contributed by atoms with Crippen LogP contribution in [0.15, 0.2) is 30.3 Å². The molecule has 2 rings (SSSR count). The quantitative estimate of drug-likeness (QED) is 0.757. The van der Waals surface area contributed by atoms with Crippen LogP contribution >= 0.6 is 34.8 Å². The lowest BCUT2D eigenvalue weighted by molar-refractivity contribution is 1.02. The standard InChI is InChI=1S/C15H15Cl3N2/c1-9-6-14(19)13(18)8-15(9)20-5-4-10-2-3-11(16)7-12(10)17/h2-3,6-8,20H,4-5,19H2,1H3. The molecule has 0 saturated carbocycles. The van der Waals surface area contributed by atoms with Crippen LogP contribution in [0.2, 0.25) is 15.1 Å². The van der Waals surface area contributed by atoms with Crippen molar-refractivity contribution in [1.82, 2.24) is 0 Å². The Labute approximate surface area is 133 Å². The summed E-state index contributed by atoms with van der Waals surface area (Å²) >= 11 is 18.0. The zero-order chi connectivity index (χ0) is 14.7. The molecule has 2 nitrogen and oxygen atoms in total. The van der Waals surface area contributed by atoms with Crippen LogP contribution in [0, 0.1) is 6.92 Å². The number of anilines is 2. The van der Waals surface area contributed by atoms with E-state index in [4.69, 9.17) is 40.5 Å². The number of halogens is 3. The van der Waals surface area contributed by atoms with Crippen LogP contribution in [0.5, 0.6) is 0 Å². The Bertz CT molecular complexity index is 627. The maximum atomic E-state index is 6.14. The van der Waals surface area contributed by atoms with Crippen molar-refractivity contribution in [2.45, 2.75) is 13.3 Å². The number of nitrogens with two attached hydrogens (primary N) is 1. The molecule has 0 aliphatic carbocycles. The van der Waals surface area contributed by atoms with Crippen molar-refractivity contribution in [3.63, 3.8) is 0 Å². The highest BCUT2D eigenvalue weighted by Crippen LogP contribution is 2.27. The Kier molecular flexibility index (Phi) is 5.03. The second-order valence-electron chi connectivity index (χ2n) is 4.60. The van der Waals surface area contributed by atoms with E-state index in [1.54, 1.807) is 6.07 Å². The summed E-state index contributed by atoms with van der Waals surface area (Å²) in [5.74, 6) is 0. The molecule has 0 heterocycles. The molecule has 2 aromatic carbocycles. The maximum absolute atomic E-state index is 6.14. The van der Waals surface area contributed by atoms with Crippen molar-refractivity contribution in [3.05, 3.63) is 56.5 Å². The molecule has 0 aromatic heterocycles. The third-order valence-electron chi connectivity index (χ3n) is 3.07. The second kappa shape index (κ2) is 6.57. The van der Waals surface area contributed by atoms with Crippen molar-refractivity contribution in [3.8, 4) is 0 Å². The van der Waals surface area contributed by atoms with Crippen molar-refractivity contribution >= 4 is 46.2 Å². The molecular formula is C15H15Cl3N2. The molecule has 20 heavy (non-hydrogen) atoms. The molecule has 0 aliphatic heterocycles. The number of nitrogens with one attached hydrogen (secondary N) is 1. The smallest absolute Gasteiger partial charge is 0.0656 e. The van der Waals surface area contributed by atoms with Gasteiger partial charge in [-0.05, 0) is 48.7 Å². The molecule has 0 amide bonds. The average molecular weight is 330 g/mol. The fourth-order valence-electron chi connectivity index (χ4n) is 1.95. The number of hydrogen-bond donors (Lipinski definition) is 2. The zero-order valence-corrected chi connectivity index (χ0v) is 13.3. The van der Waals surface area contributed by atoms with Crippen LogP contribution in [0.1, 0.15) is 11.1 Å². The lowest BCUT2D eigenvalue weighted by Crippen LogP contribution is -2.07. The highest BCUT2D eigenvalue weighted by molar-refractivity contribution is 6.35. The van der Waals surface area contributed by atoms with Crippen LogP contribution in [0.3, 0.4) is 0 Å². The maximum Gasteiger partial charge on any atom is 0.0656 e. The predicted molar refractivity (Wildman–Crippen MR) is 89.3 cm³/mol. The first-order chi connectivity index (χ1) is 9.47. The van der Waals surface area contributed by atoms with Gasteiger partial charge in [0.05, 0.1) is 10.7 Å². The van der Waals surface area contributed by atoms with Crippen LogP contribution < -0.4 is 11.1 Å². The van der Waals surface area contributed by atoms with Crippen molar-refractivity contribution in [2.75, 3.05) is 17.6 Å². The molecule has 0 spiro atoms. The second-order valence-corrected chi connectivity index (χ2v) is 5.85. The van der Waals surface area contributed by atoms with Gasteiger partial charge in [-0.15, -0.1) is 0 Å². The Balaban J connectivity index is 2.01. The molecule has 0 fully saturated rings. The molecule has 3 N–H and O–H groups in total. The fraction of sp³-hybridized carbons (Fsp3) is 0.200. The van der Waals surface area contributed by atoms with Gasteiger partial charge in [0.15, 0.2) is 0 Å². The van der Waals surface area contributed by atoms with Crippen LogP contribution in [0.25, 0.3) is 0 Å². The molecule has 0 aliphatic rings. The SMILES string of the molecule is Cc1cc(N)c(Cl)cc1NCCc1ccc(Cl)cc1Cl. The minimum atomic E-state index is 0.558. The first-order valence-electron chi connectivity index (χ1n) is 6.21. The van der Waals surface area contributed by atoms with E-state index in [-0.39, 0.29) is 0 Å². The molecule has 0 atom stereocenters. The van der Waals surface area contributed by atoms with E-state index in [1.165, 1.54) is 0 Å². The molecule has 0 bridgehead atoms. The molecule has 5 heteroatoms. The lowest BCUT2D eigenvalue weighted by atomic mass is 10.1. The van der Waals surface area contributed by atoms with Crippen LogP contribution in [-0.4, -0.2) is 6.54 Å². The van der Waals surface area contributed by atoms with E-state index in [9.17, 15) is 0 Å². The van der Waals surface area contributed by atoms with E-state index in [1.807, 2.05) is 31.2 Å². The number of hydrogen-bond acceptors (Lipinski definition) is 2. The Morgan fingerprint density at radius 3 is 2.50 bits per heavy atom. The molecule has 2 aromatic rings. The first-order valence-corrected chi connectivity index (χ1v) is 7.34. The van der Waals surface area contributed by atoms with Gasteiger partial charge in [-0.1, -0.05) is 40.9 Å². The van der Waals surface area contributed by atoms with Gasteiger partial charge in [-0.25, -0.2) is 0 Å². The number of rotatable bonds is 4. The Morgan fingerprint density at radius 2 is 1.80 bits per heavy atom. The summed E-state index contributed by atoms with van der Waals surface area (Å²) in [5.41, 5.74) is 9.45. The summed E-state index contributed by atoms with van der Waals surface area (Å²) in [6.45, 7) is 2.74. The van der Waals surface area contributed by atoms with Gasteiger partial charge in [0.25, 0.3) is 0 Å². The number of aryl methyl sites for hydroxylation is 1. The largest absolute Gasteiger partial charge is 0.398 e. The van der Waals surface area contributed by atoms with E-state index < -0.39 is 0 Å². The van der Waals surface area contributed by atoms with Gasteiger partial charge in [-0.2, -0.15) is 0 Å². The highest BCUT2D eigenvalue weighted by Gasteiger charge is 2.05. The number of benzene rings is 2. The summed E-state index contributed by atoms with van der Waals surface area (Å²) in [7, 11) is 0. The summed E-state index contributed by atoms with van der Waals surface area (Å²) in [5, 5.41) is 5.23. The summed E-state index contributed by atoms with van der Waals surface area (Å²) in [4.78, 5) is 0. The third-order valence-corrected chi connectivity index (χ3v) is 3.98. The Hall–Kier alpha value is -1.09. The van der Waals surface area contributed by atoms with Crippen LogP contribution in [0.4, 0.5) is 11.4 Å². The fourth-order valence-corrected chi connectivity index (χ4v) is 2.62. The summed E-state index contributed by atoms with van der Waals surface area (Å²) in [6, 6.07) is 9.24. The van der Waals surface area contributed by atoms with Gasteiger partial charge >= 0.3 is 0 Å². The number of nitrogen functional groups attached to an aromatic ring is 1. The minimum absolute atomic E-state index is 0.558. The first kappa shape index (κ1) is 15.3. The average Bonchev–Trinajstić information content (AvgIpc) is 2.38. The molecule has 0 radical (unpaired) electrons. The van der Waals surface area contributed by atoms with Gasteiger partial charge < -0.3 is 11.1 Å². The van der Waals surface area contributed by atoms with E-state index in [0.717, 1.165) is 29.8 Å². The van der Waals surface area contributed by atoms with E-state index >= 15 is 0 Å². The van der Waals surface area contributed by atoms with Crippen molar-refractivity contribution in [2.24, 2.45) is 0 Å². The van der Waals surface area contributed by atoms with Gasteiger partial charge in [0.1, 0.15) is 0 Å². The molecule has 0 unspecified atom stereocenters. The van der Waals surface area contributed by atoms with Crippen LogP contribution in [-0.2, 0) is 6.42 Å². The van der Waals surface area contributed by atoms with Gasteiger partial charge in [-0.3, -0.25) is 0 Å². The minimum Gasteiger partial charge on any atom is -0.398 e. The van der Waals surface area contributed by atoms with E-state index in [2.05, 4.69) is 5.32 Å². The van der Waals surface area contributed by atoms with Crippen molar-refractivity contribution in [1.29, 1.82) is 0 Å². The zero-order valence-electron chi connectivity index (χ0n) is 11.0. The summed E-state index contributed by atoms with van der Waals surface area (Å²) < 4.78 is 0. The Morgan fingerprint density at radius 1 is 1.05 bits per heavy atom. The van der Waals surface area contributed by atoms with Crippen molar-refractivity contribution < 1.29 is 0 Å². The predicted octanol–water partition coefficient (Wildman–Crippen LogP) is 5.19. The topological polar surface area (TPSA) is 38.0 Å².